The molecule has 0 unspecified atom stereocenters. The van der Waals surface area contributed by atoms with Crippen molar-refractivity contribution in [3.63, 3.8) is 0 Å². The standard InChI is InChI=1S/C21H24O4/c1-20(2,15-19(22)23-3)16-9-11-18(12-10-16)21(24-13-14-25-21)17-7-5-4-6-8-17/h4-12H,13-15H2,1-3H3. The highest BCUT2D eigenvalue weighted by atomic mass is 16.7. The number of hydrogen-bond acceptors (Lipinski definition) is 4. The molecule has 0 N–H and O–H groups in total. The second-order valence-corrected chi connectivity index (χ2v) is 6.89. The Kier molecular flexibility index (Phi) is 4.93. The van der Waals surface area contributed by atoms with Crippen LogP contribution in [0, 0.1) is 0 Å². The maximum atomic E-state index is 11.7. The summed E-state index contributed by atoms with van der Waals surface area (Å²) < 4.78 is 16.9. The molecule has 1 aliphatic rings. The Morgan fingerprint density at radius 2 is 1.56 bits per heavy atom. The first kappa shape index (κ1) is 17.6. The average molecular weight is 340 g/mol. The minimum Gasteiger partial charge on any atom is -0.469 e. The molecule has 1 saturated heterocycles. The zero-order chi connectivity index (χ0) is 17.9. The highest BCUT2D eigenvalue weighted by Gasteiger charge is 2.40. The van der Waals surface area contributed by atoms with Crippen molar-refractivity contribution in [1.82, 2.24) is 0 Å². The summed E-state index contributed by atoms with van der Waals surface area (Å²) in [6.45, 7) is 5.19. The Bertz CT molecular complexity index is 713. The van der Waals surface area contributed by atoms with Crippen molar-refractivity contribution >= 4 is 5.97 Å². The first-order valence-electron chi connectivity index (χ1n) is 8.49. The summed E-state index contributed by atoms with van der Waals surface area (Å²) in [5, 5.41) is 0. The van der Waals surface area contributed by atoms with Crippen molar-refractivity contribution in [3.05, 3.63) is 71.3 Å². The van der Waals surface area contributed by atoms with Crippen LogP contribution in [0.25, 0.3) is 0 Å². The average Bonchev–Trinajstić information content (AvgIpc) is 3.13. The van der Waals surface area contributed by atoms with Gasteiger partial charge in [-0.05, 0) is 5.56 Å². The summed E-state index contributed by atoms with van der Waals surface area (Å²) in [5.74, 6) is -1.07. The summed E-state index contributed by atoms with van der Waals surface area (Å²) in [6, 6.07) is 18.1. The number of esters is 1. The van der Waals surface area contributed by atoms with Crippen LogP contribution in [0.4, 0.5) is 0 Å². The van der Waals surface area contributed by atoms with Gasteiger partial charge in [0, 0.05) is 16.5 Å². The number of carbonyl (C=O) groups is 1. The molecule has 1 heterocycles. The van der Waals surface area contributed by atoms with E-state index in [1.54, 1.807) is 0 Å². The molecule has 0 bridgehead atoms. The lowest BCUT2D eigenvalue weighted by Crippen LogP contribution is -2.29. The molecule has 0 atom stereocenters. The third-order valence-corrected chi connectivity index (χ3v) is 4.71. The molecular formula is C21H24O4. The number of methoxy groups -OCH3 is 1. The van der Waals surface area contributed by atoms with Gasteiger partial charge in [-0.25, -0.2) is 0 Å². The van der Waals surface area contributed by atoms with Crippen molar-refractivity contribution in [2.45, 2.75) is 31.5 Å². The molecule has 0 amide bonds. The van der Waals surface area contributed by atoms with Gasteiger partial charge in [-0.1, -0.05) is 68.4 Å². The summed E-state index contributed by atoms with van der Waals surface area (Å²) in [7, 11) is 1.42. The summed E-state index contributed by atoms with van der Waals surface area (Å²) in [4.78, 5) is 11.7. The largest absolute Gasteiger partial charge is 0.469 e. The van der Waals surface area contributed by atoms with Crippen LogP contribution in [0.2, 0.25) is 0 Å². The molecule has 25 heavy (non-hydrogen) atoms. The molecule has 0 saturated carbocycles. The summed E-state index contributed by atoms with van der Waals surface area (Å²) >= 11 is 0. The molecule has 1 fully saturated rings. The van der Waals surface area contributed by atoms with Gasteiger partial charge in [-0.3, -0.25) is 4.79 Å². The number of benzene rings is 2. The van der Waals surface area contributed by atoms with Gasteiger partial charge in [0.2, 0.25) is 5.79 Å². The van der Waals surface area contributed by atoms with Crippen LogP contribution in [0.3, 0.4) is 0 Å². The van der Waals surface area contributed by atoms with Crippen LogP contribution in [0.15, 0.2) is 54.6 Å². The fourth-order valence-corrected chi connectivity index (χ4v) is 3.25. The third kappa shape index (κ3) is 3.46. The van der Waals surface area contributed by atoms with E-state index < -0.39 is 5.79 Å². The van der Waals surface area contributed by atoms with Gasteiger partial charge in [0.1, 0.15) is 0 Å². The van der Waals surface area contributed by atoms with Crippen LogP contribution in [0.1, 0.15) is 37.0 Å². The summed E-state index contributed by atoms with van der Waals surface area (Å²) in [6.07, 6.45) is 0.333. The van der Waals surface area contributed by atoms with Crippen molar-refractivity contribution in [2.75, 3.05) is 20.3 Å². The molecular weight excluding hydrogens is 316 g/mol. The van der Waals surface area contributed by atoms with Crippen molar-refractivity contribution in [3.8, 4) is 0 Å². The maximum Gasteiger partial charge on any atom is 0.306 e. The van der Waals surface area contributed by atoms with Crippen molar-refractivity contribution < 1.29 is 19.0 Å². The SMILES string of the molecule is COC(=O)CC(C)(C)c1ccc(C2(c3ccccc3)OCCO2)cc1. The lowest BCUT2D eigenvalue weighted by atomic mass is 9.81. The van der Waals surface area contributed by atoms with Gasteiger partial charge in [0.25, 0.3) is 0 Å². The molecule has 0 radical (unpaired) electrons. The van der Waals surface area contributed by atoms with Gasteiger partial charge in [-0.15, -0.1) is 0 Å². The monoisotopic (exact) mass is 340 g/mol. The van der Waals surface area contributed by atoms with Gasteiger partial charge >= 0.3 is 5.97 Å². The fourth-order valence-electron chi connectivity index (χ4n) is 3.25. The lowest BCUT2D eigenvalue weighted by molar-refractivity contribution is -0.141. The molecule has 2 aromatic rings. The minimum atomic E-state index is -0.855. The maximum absolute atomic E-state index is 11.7. The van der Waals surface area contributed by atoms with Crippen LogP contribution < -0.4 is 0 Å². The number of rotatable bonds is 5. The van der Waals surface area contributed by atoms with Gasteiger partial charge in [-0.2, -0.15) is 0 Å². The first-order chi connectivity index (χ1) is 12.0. The minimum absolute atomic E-state index is 0.211. The molecule has 4 nitrogen and oxygen atoms in total. The van der Waals surface area contributed by atoms with Crippen LogP contribution in [0.5, 0.6) is 0 Å². The van der Waals surface area contributed by atoms with Gasteiger partial charge < -0.3 is 14.2 Å². The second-order valence-electron chi connectivity index (χ2n) is 6.89. The van der Waals surface area contributed by atoms with Crippen molar-refractivity contribution in [1.29, 1.82) is 0 Å². The smallest absolute Gasteiger partial charge is 0.306 e. The quantitative estimate of drug-likeness (QED) is 0.777. The van der Waals surface area contributed by atoms with Crippen LogP contribution in [-0.2, 0) is 30.2 Å². The predicted molar refractivity (Wildman–Crippen MR) is 95.2 cm³/mol. The Morgan fingerprint density at radius 3 is 2.12 bits per heavy atom. The van der Waals surface area contributed by atoms with E-state index in [1.807, 2.05) is 68.4 Å². The van der Waals surface area contributed by atoms with E-state index in [0.717, 1.165) is 16.7 Å². The fraction of sp³-hybridized carbons (Fsp3) is 0.381. The third-order valence-electron chi connectivity index (χ3n) is 4.71. The molecule has 2 aromatic carbocycles. The van der Waals surface area contributed by atoms with E-state index in [1.165, 1.54) is 7.11 Å². The number of ether oxygens (including phenoxy) is 3. The van der Waals surface area contributed by atoms with E-state index in [4.69, 9.17) is 14.2 Å². The first-order valence-corrected chi connectivity index (χ1v) is 8.49. The molecule has 0 aromatic heterocycles. The zero-order valence-electron chi connectivity index (χ0n) is 15.0. The van der Waals surface area contributed by atoms with E-state index in [0.29, 0.717) is 19.6 Å². The highest BCUT2D eigenvalue weighted by Crippen LogP contribution is 2.39. The van der Waals surface area contributed by atoms with Gasteiger partial charge in [0.05, 0.1) is 26.7 Å². The Balaban J connectivity index is 1.92. The Hall–Kier alpha value is -2.17. The number of carbonyl (C=O) groups excluding carboxylic acids is 1. The van der Waals surface area contributed by atoms with Gasteiger partial charge in [0.15, 0.2) is 0 Å². The highest BCUT2D eigenvalue weighted by molar-refractivity contribution is 5.71. The second kappa shape index (κ2) is 6.98. The molecule has 3 rings (SSSR count). The van der Waals surface area contributed by atoms with E-state index >= 15 is 0 Å². The number of hydrogen-bond donors (Lipinski definition) is 0. The topological polar surface area (TPSA) is 44.8 Å². The zero-order valence-corrected chi connectivity index (χ0v) is 15.0. The Morgan fingerprint density at radius 1 is 1.00 bits per heavy atom. The summed E-state index contributed by atoms with van der Waals surface area (Å²) in [5.41, 5.74) is 2.70. The van der Waals surface area contributed by atoms with E-state index in [9.17, 15) is 4.79 Å². The predicted octanol–water partition coefficient (Wildman–Crippen LogP) is 3.78. The molecule has 4 heteroatoms. The van der Waals surface area contributed by atoms with Crippen LogP contribution >= 0.6 is 0 Å². The van der Waals surface area contributed by atoms with E-state index in [-0.39, 0.29) is 11.4 Å². The Labute approximate surface area is 148 Å². The van der Waals surface area contributed by atoms with E-state index in [2.05, 4.69) is 0 Å². The molecule has 1 aliphatic heterocycles. The van der Waals surface area contributed by atoms with Crippen LogP contribution in [-0.4, -0.2) is 26.3 Å². The normalized spacial score (nSPS) is 16.6. The molecule has 0 aliphatic carbocycles. The lowest BCUT2D eigenvalue weighted by Gasteiger charge is -2.30. The molecule has 0 spiro atoms. The van der Waals surface area contributed by atoms with Crippen molar-refractivity contribution in [2.24, 2.45) is 0 Å². The molecule has 132 valence electrons.